The van der Waals surface area contributed by atoms with Crippen molar-refractivity contribution in [1.82, 2.24) is 10.7 Å². The molecule has 4 rings (SSSR count). The van der Waals surface area contributed by atoms with Crippen LogP contribution < -0.4 is 19.8 Å². The number of rotatable bonds is 12. The topological polar surface area (TPSA) is 117 Å². The van der Waals surface area contributed by atoms with Crippen LogP contribution >= 0.6 is 11.6 Å². The zero-order valence-corrected chi connectivity index (χ0v) is 25.2. The Balaban J connectivity index is 1.34. The van der Waals surface area contributed by atoms with E-state index in [9.17, 15) is 18.0 Å². The van der Waals surface area contributed by atoms with Gasteiger partial charge in [-0.15, -0.1) is 0 Å². The summed E-state index contributed by atoms with van der Waals surface area (Å²) in [5.74, 6) is -0.397. The molecule has 0 unspecified atom stereocenters. The van der Waals surface area contributed by atoms with Gasteiger partial charge in [-0.2, -0.15) is 5.10 Å². The van der Waals surface area contributed by atoms with Gasteiger partial charge < -0.3 is 10.1 Å². The lowest BCUT2D eigenvalue weighted by atomic mass is 10.1. The van der Waals surface area contributed by atoms with E-state index in [1.807, 2.05) is 37.3 Å². The summed E-state index contributed by atoms with van der Waals surface area (Å²) in [7, 11) is -4.06. The molecule has 0 bridgehead atoms. The van der Waals surface area contributed by atoms with Crippen LogP contribution in [0.5, 0.6) is 5.75 Å². The number of carbonyl (C=O) groups is 2. The minimum absolute atomic E-state index is 0.0474. The van der Waals surface area contributed by atoms with E-state index in [4.69, 9.17) is 16.3 Å². The van der Waals surface area contributed by atoms with Crippen LogP contribution in [0.15, 0.2) is 113 Å². The van der Waals surface area contributed by atoms with E-state index in [-0.39, 0.29) is 23.5 Å². The lowest BCUT2D eigenvalue weighted by Crippen LogP contribution is -2.40. The van der Waals surface area contributed by atoms with Crippen molar-refractivity contribution in [3.05, 3.63) is 125 Å². The van der Waals surface area contributed by atoms with Crippen LogP contribution in [0.25, 0.3) is 0 Å². The van der Waals surface area contributed by atoms with E-state index in [1.54, 1.807) is 67.6 Å². The van der Waals surface area contributed by atoms with Crippen LogP contribution in [0.3, 0.4) is 0 Å². The molecule has 0 aromatic heterocycles. The SMILES string of the molecule is Cc1cc(Cl)ccc1N(CC(=O)N/N=C\c1ccc(OCC(=O)N[C@H](C)c2ccccc2)cc1)S(=O)(=O)c1ccccc1. The summed E-state index contributed by atoms with van der Waals surface area (Å²) in [5, 5.41) is 7.31. The van der Waals surface area contributed by atoms with Crippen molar-refractivity contribution in [2.24, 2.45) is 5.10 Å². The van der Waals surface area contributed by atoms with Crippen molar-refractivity contribution < 1.29 is 22.7 Å². The Kier molecular flexibility index (Phi) is 10.5. The first-order chi connectivity index (χ1) is 20.6. The van der Waals surface area contributed by atoms with Crippen molar-refractivity contribution in [1.29, 1.82) is 0 Å². The molecule has 4 aromatic carbocycles. The van der Waals surface area contributed by atoms with E-state index < -0.39 is 22.5 Å². The van der Waals surface area contributed by atoms with E-state index in [2.05, 4.69) is 15.8 Å². The van der Waals surface area contributed by atoms with E-state index in [0.29, 0.717) is 27.6 Å². The molecule has 9 nitrogen and oxygen atoms in total. The highest BCUT2D eigenvalue weighted by Crippen LogP contribution is 2.28. The van der Waals surface area contributed by atoms with Gasteiger partial charge in [-0.25, -0.2) is 13.8 Å². The highest BCUT2D eigenvalue weighted by atomic mass is 35.5. The van der Waals surface area contributed by atoms with Crippen LogP contribution in [-0.2, 0) is 19.6 Å². The minimum Gasteiger partial charge on any atom is -0.484 e. The first-order valence-electron chi connectivity index (χ1n) is 13.4. The third-order valence-electron chi connectivity index (χ3n) is 6.38. The molecule has 0 spiro atoms. The fraction of sp³-hybridized carbons (Fsp3) is 0.156. The minimum atomic E-state index is -4.06. The molecule has 0 saturated heterocycles. The molecule has 0 aliphatic carbocycles. The molecular formula is C32H31ClN4O5S. The van der Waals surface area contributed by atoms with Crippen LogP contribution in [0.1, 0.15) is 29.7 Å². The number of amides is 2. The number of hydrogen-bond donors (Lipinski definition) is 2. The van der Waals surface area contributed by atoms with E-state index in [1.165, 1.54) is 18.3 Å². The lowest BCUT2D eigenvalue weighted by Gasteiger charge is -2.25. The zero-order chi connectivity index (χ0) is 30.8. The number of halogens is 1. The molecule has 0 saturated carbocycles. The standard InChI is InChI=1S/C32H31ClN4O5S/c1-23-19-27(33)15-18-30(23)37(43(40,41)29-11-7-4-8-12-29)21-31(38)36-34-20-25-13-16-28(17-14-25)42-22-32(39)35-24(2)26-9-5-3-6-10-26/h3-20,24H,21-22H2,1-2H3,(H,35,39)(H,36,38)/b34-20-/t24-/m1/s1. The molecule has 0 aliphatic rings. The van der Waals surface area contributed by atoms with E-state index >= 15 is 0 Å². The van der Waals surface area contributed by atoms with Gasteiger partial charge in [0.1, 0.15) is 12.3 Å². The number of anilines is 1. The van der Waals surface area contributed by atoms with Crippen LogP contribution in [0, 0.1) is 6.92 Å². The van der Waals surface area contributed by atoms with Gasteiger partial charge in [0, 0.05) is 5.02 Å². The maximum atomic E-state index is 13.5. The third kappa shape index (κ3) is 8.67. The number of ether oxygens (including phenoxy) is 1. The molecule has 0 aliphatic heterocycles. The molecule has 1 atom stereocenters. The second-order valence-corrected chi connectivity index (χ2v) is 11.9. The summed E-state index contributed by atoms with van der Waals surface area (Å²) in [6.45, 7) is 2.97. The van der Waals surface area contributed by atoms with Crippen molar-refractivity contribution in [3.63, 3.8) is 0 Å². The molecule has 2 N–H and O–H groups in total. The summed E-state index contributed by atoms with van der Waals surface area (Å²) in [6, 6.07) is 28.9. The summed E-state index contributed by atoms with van der Waals surface area (Å²) < 4.78 is 33.6. The summed E-state index contributed by atoms with van der Waals surface area (Å²) in [4.78, 5) is 25.1. The Bertz CT molecular complexity index is 1680. The predicted octanol–water partition coefficient (Wildman–Crippen LogP) is 5.25. The van der Waals surface area contributed by atoms with Crippen LogP contribution in [0.2, 0.25) is 5.02 Å². The monoisotopic (exact) mass is 618 g/mol. The maximum Gasteiger partial charge on any atom is 0.264 e. The number of benzene rings is 4. The quantitative estimate of drug-likeness (QED) is 0.166. The normalized spacial score (nSPS) is 12.0. The number of aryl methyl sites for hydroxylation is 1. The Labute approximate surface area is 256 Å². The van der Waals surface area contributed by atoms with Gasteiger partial charge in [0.05, 0.1) is 22.8 Å². The number of hydrazone groups is 1. The number of carbonyl (C=O) groups excluding carboxylic acids is 2. The van der Waals surface area contributed by atoms with Gasteiger partial charge in [0.2, 0.25) is 0 Å². The van der Waals surface area contributed by atoms with Crippen molar-refractivity contribution in [2.45, 2.75) is 24.8 Å². The fourth-order valence-electron chi connectivity index (χ4n) is 4.17. The highest BCUT2D eigenvalue weighted by molar-refractivity contribution is 7.92. The largest absolute Gasteiger partial charge is 0.484 e. The van der Waals surface area contributed by atoms with Crippen molar-refractivity contribution >= 4 is 45.3 Å². The zero-order valence-electron chi connectivity index (χ0n) is 23.6. The van der Waals surface area contributed by atoms with Crippen molar-refractivity contribution in [3.8, 4) is 5.75 Å². The number of nitrogens with zero attached hydrogens (tertiary/aromatic N) is 2. The average Bonchev–Trinajstić information content (AvgIpc) is 3.00. The van der Waals surface area contributed by atoms with Gasteiger partial charge in [0.15, 0.2) is 6.61 Å². The molecule has 222 valence electrons. The molecule has 43 heavy (non-hydrogen) atoms. The summed E-state index contributed by atoms with van der Waals surface area (Å²) in [6.07, 6.45) is 1.42. The number of nitrogens with one attached hydrogen (secondary N) is 2. The lowest BCUT2D eigenvalue weighted by molar-refractivity contribution is -0.123. The van der Waals surface area contributed by atoms with Gasteiger partial charge in [-0.3, -0.25) is 13.9 Å². The first kappa shape index (κ1) is 31.3. The van der Waals surface area contributed by atoms with Crippen molar-refractivity contribution in [2.75, 3.05) is 17.5 Å². The number of sulfonamides is 1. The summed E-state index contributed by atoms with van der Waals surface area (Å²) >= 11 is 6.07. The molecular weight excluding hydrogens is 588 g/mol. The second-order valence-electron chi connectivity index (χ2n) is 9.61. The molecule has 2 amide bonds. The Morgan fingerprint density at radius 2 is 1.58 bits per heavy atom. The van der Waals surface area contributed by atoms with E-state index in [0.717, 1.165) is 9.87 Å². The van der Waals surface area contributed by atoms with Gasteiger partial charge in [-0.05, 0) is 85.1 Å². The number of hydrogen-bond acceptors (Lipinski definition) is 6. The van der Waals surface area contributed by atoms with Crippen LogP contribution in [0.4, 0.5) is 5.69 Å². The van der Waals surface area contributed by atoms with Gasteiger partial charge in [-0.1, -0.05) is 60.1 Å². The highest BCUT2D eigenvalue weighted by Gasteiger charge is 2.28. The smallest absolute Gasteiger partial charge is 0.264 e. The summed E-state index contributed by atoms with van der Waals surface area (Å²) in [5.41, 5.74) is 4.95. The molecule has 0 fully saturated rings. The fourth-order valence-corrected chi connectivity index (χ4v) is 5.90. The first-order valence-corrected chi connectivity index (χ1v) is 15.2. The maximum absolute atomic E-state index is 13.5. The van der Waals surface area contributed by atoms with Gasteiger partial charge >= 0.3 is 0 Å². The van der Waals surface area contributed by atoms with Crippen LogP contribution in [-0.4, -0.2) is 39.6 Å². The Morgan fingerprint density at radius 3 is 2.23 bits per heavy atom. The molecule has 0 heterocycles. The molecule has 0 radical (unpaired) electrons. The Morgan fingerprint density at radius 1 is 0.930 bits per heavy atom. The Hall–Kier alpha value is -4.67. The van der Waals surface area contributed by atoms with Gasteiger partial charge in [0.25, 0.3) is 21.8 Å². The molecule has 4 aromatic rings. The predicted molar refractivity (Wildman–Crippen MR) is 168 cm³/mol. The third-order valence-corrected chi connectivity index (χ3v) is 8.38. The second kappa shape index (κ2) is 14.5. The average molecular weight is 619 g/mol. The molecule has 11 heteroatoms.